The number of carbonyl (C=O) groups excluding carboxylic acids is 2. The van der Waals surface area contributed by atoms with Gasteiger partial charge in [0, 0.05) is 42.4 Å². The number of ether oxygens (including phenoxy) is 1. The van der Waals surface area contributed by atoms with Crippen LogP contribution in [0.25, 0.3) is 0 Å². The Morgan fingerprint density at radius 3 is 2.69 bits per heavy atom. The number of amides is 3. The van der Waals surface area contributed by atoms with Crippen molar-refractivity contribution in [2.45, 2.75) is 46.0 Å². The summed E-state index contributed by atoms with van der Waals surface area (Å²) in [6, 6.07) is 15.0. The van der Waals surface area contributed by atoms with E-state index in [1.165, 1.54) is 0 Å². The van der Waals surface area contributed by atoms with Gasteiger partial charge in [0.05, 0.1) is 12.3 Å². The van der Waals surface area contributed by atoms with E-state index in [-0.39, 0.29) is 17.9 Å². The highest BCUT2D eigenvalue weighted by Gasteiger charge is 2.25. The number of aromatic nitrogens is 1. The summed E-state index contributed by atoms with van der Waals surface area (Å²) in [6.45, 7) is 8.16. The zero-order chi connectivity index (χ0) is 25.5. The zero-order valence-corrected chi connectivity index (χ0v) is 21.2. The quantitative estimate of drug-likeness (QED) is 0.459. The Morgan fingerprint density at radius 1 is 1.17 bits per heavy atom. The van der Waals surface area contributed by atoms with Gasteiger partial charge in [-0.05, 0) is 82.0 Å². The SMILES string of the molecule is CCOc1ccc(NC(=O)N2CCC[C@@H](c3cccc(C(=O)NCCc4c(C)noc4C)c3)C2)cc1. The number of rotatable bonds is 8. The van der Waals surface area contributed by atoms with Crippen LogP contribution in [0.3, 0.4) is 0 Å². The monoisotopic (exact) mass is 490 g/mol. The fourth-order valence-corrected chi connectivity index (χ4v) is 4.63. The molecule has 1 aliphatic rings. The molecule has 0 saturated carbocycles. The van der Waals surface area contributed by atoms with Crippen LogP contribution in [0.1, 0.15) is 58.6 Å². The molecule has 0 bridgehead atoms. The number of anilines is 1. The Balaban J connectivity index is 1.33. The van der Waals surface area contributed by atoms with Crippen LogP contribution in [-0.4, -0.2) is 48.2 Å². The molecule has 0 aliphatic carbocycles. The molecule has 2 heterocycles. The van der Waals surface area contributed by atoms with E-state index in [0.717, 1.165) is 46.9 Å². The van der Waals surface area contributed by atoms with E-state index in [1.807, 2.05) is 74.2 Å². The van der Waals surface area contributed by atoms with Gasteiger partial charge in [-0.25, -0.2) is 4.79 Å². The molecule has 190 valence electrons. The van der Waals surface area contributed by atoms with Crippen LogP contribution >= 0.6 is 0 Å². The minimum Gasteiger partial charge on any atom is -0.494 e. The van der Waals surface area contributed by atoms with Gasteiger partial charge >= 0.3 is 6.03 Å². The predicted octanol–water partition coefficient (Wildman–Crippen LogP) is 5.07. The maximum atomic E-state index is 12.9. The number of carbonyl (C=O) groups is 2. The van der Waals surface area contributed by atoms with Crippen LogP contribution in [0.15, 0.2) is 53.1 Å². The lowest BCUT2D eigenvalue weighted by molar-refractivity contribution is 0.0953. The van der Waals surface area contributed by atoms with E-state index in [4.69, 9.17) is 9.26 Å². The van der Waals surface area contributed by atoms with Gasteiger partial charge in [0.1, 0.15) is 11.5 Å². The molecular weight excluding hydrogens is 456 g/mol. The first kappa shape index (κ1) is 25.3. The molecule has 1 saturated heterocycles. The molecule has 36 heavy (non-hydrogen) atoms. The predicted molar refractivity (Wildman–Crippen MR) is 139 cm³/mol. The fraction of sp³-hybridized carbons (Fsp3) is 0.393. The van der Waals surface area contributed by atoms with Gasteiger partial charge in [0.15, 0.2) is 0 Å². The van der Waals surface area contributed by atoms with Crippen molar-refractivity contribution in [2.24, 2.45) is 0 Å². The summed E-state index contributed by atoms with van der Waals surface area (Å²) >= 11 is 0. The summed E-state index contributed by atoms with van der Waals surface area (Å²) in [5.41, 5.74) is 4.34. The molecule has 1 aromatic heterocycles. The molecule has 0 unspecified atom stereocenters. The fourth-order valence-electron chi connectivity index (χ4n) is 4.63. The van der Waals surface area contributed by atoms with Gasteiger partial charge in [-0.2, -0.15) is 0 Å². The first-order valence-corrected chi connectivity index (χ1v) is 12.5. The Kier molecular flexibility index (Phi) is 8.25. The van der Waals surface area contributed by atoms with Gasteiger partial charge in [0.2, 0.25) is 0 Å². The number of benzene rings is 2. The lowest BCUT2D eigenvalue weighted by Crippen LogP contribution is -2.41. The first-order chi connectivity index (χ1) is 17.4. The maximum absolute atomic E-state index is 12.9. The maximum Gasteiger partial charge on any atom is 0.321 e. The number of hydrogen-bond donors (Lipinski definition) is 2. The number of nitrogens with one attached hydrogen (secondary N) is 2. The molecule has 3 amide bonds. The van der Waals surface area contributed by atoms with Crippen molar-refractivity contribution in [3.05, 3.63) is 76.7 Å². The van der Waals surface area contributed by atoms with Crippen LogP contribution in [0.2, 0.25) is 0 Å². The van der Waals surface area contributed by atoms with Crippen LogP contribution < -0.4 is 15.4 Å². The summed E-state index contributed by atoms with van der Waals surface area (Å²) in [4.78, 5) is 27.5. The Bertz CT molecular complexity index is 1170. The highest BCUT2D eigenvalue weighted by molar-refractivity contribution is 5.94. The molecular formula is C28H34N4O4. The largest absolute Gasteiger partial charge is 0.494 e. The highest BCUT2D eigenvalue weighted by Crippen LogP contribution is 2.28. The van der Waals surface area contributed by atoms with Gasteiger partial charge < -0.3 is 24.8 Å². The topological polar surface area (TPSA) is 96.7 Å². The third kappa shape index (κ3) is 6.24. The Morgan fingerprint density at radius 2 is 1.97 bits per heavy atom. The van der Waals surface area contributed by atoms with Crippen molar-refractivity contribution in [3.8, 4) is 5.75 Å². The minimum absolute atomic E-state index is 0.107. The number of urea groups is 1. The van der Waals surface area contributed by atoms with E-state index >= 15 is 0 Å². The normalized spacial score (nSPS) is 15.4. The molecule has 2 N–H and O–H groups in total. The summed E-state index contributed by atoms with van der Waals surface area (Å²) in [5, 5.41) is 9.94. The Hall–Kier alpha value is -3.81. The number of aryl methyl sites for hydroxylation is 2. The minimum atomic E-state index is -0.114. The van der Waals surface area contributed by atoms with E-state index in [9.17, 15) is 9.59 Å². The van der Waals surface area contributed by atoms with Crippen LogP contribution in [-0.2, 0) is 6.42 Å². The van der Waals surface area contributed by atoms with Crippen molar-refractivity contribution in [2.75, 3.05) is 31.6 Å². The van der Waals surface area contributed by atoms with Gasteiger partial charge in [0.25, 0.3) is 5.91 Å². The van der Waals surface area contributed by atoms with E-state index < -0.39 is 0 Å². The smallest absolute Gasteiger partial charge is 0.321 e. The lowest BCUT2D eigenvalue weighted by Gasteiger charge is -2.33. The second kappa shape index (κ2) is 11.7. The molecule has 2 aromatic carbocycles. The molecule has 1 aliphatic heterocycles. The third-order valence-corrected chi connectivity index (χ3v) is 6.59. The zero-order valence-electron chi connectivity index (χ0n) is 21.2. The van der Waals surface area contributed by atoms with Crippen molar-refractivity contribution in [3.63, 3.8) is 0 Å². The number of likely N-dealkylation sites (tertiary alicyclic amines) is 1. The van der Waals surface area contributed by atoms with Crippen molar-refractivity contribution in [1.82, 2.24) is 15.4 Å². The van der Waals surface area contributed by atoms with Crippen molar-refractivity contribution < 1.29 is 18.8 Å². The van der Waals surface area contributed by atoms with Crippen LogP contribution in [0, 0.1) is 13.8 Å². The molecule has 8 heteroatoms. The van der Waals surface area contributed by atoms with Crippen molar-refractivity contribution >= 4 is 17.6 Å². The standard InChI is InChI=1S/C28H34N4O4/c1-4-35-25-12-10-24(11-13-25)30-28(34)32-16-6-9-23(18-32)21-7-5-8-22(17-21)27(33)29-15-14-26-19(2)31-36-20(26)3/h5,7-8,10-13,17,23H,4,6,9,14-16,18H2,1-3H3,(H,29,33)(H,30,34)/t23-/m1/s1. The van der Waals surface area contributed by atoms with Crippen molar-refractivity contribution in [1.29, 1.82) is 0 Å². The van der Waals surface area contributed by atoms with Crippen LogP contribution in [0.5, 0.6) is 5.75 Å². The van der Waals surface area contributed by atoms with Crippen LogP contribution in [0.4, 0.5) is 10.5 Å². The number of piperidine rings is 1. The van der Waals surface area contributed by atoms with E-state index in [0.29, 0.717) is 38.2 Å². The molecule has 8 nitrogen and oxygen atoms in total. The first-order valence-electron chi connectivity index (χ1n) is 12.5. The second-order valence-electron chi connectivity index (χ2n) is 9.11. The molecule has 0 radical (unpaired) electrons. The number of nitrogens with zero attached hydrogens (tertiary/aromatic N) is 2. The highest BCUT2D eigenvalue weighted by atomic mass is 16.5. The number of hydrogen-bond acceptors (Lipinski definition) is 5. The van der Waals surface area contributed by atoms with Gasteiger partial charge in [-0.3, -0.25) is 4.79 Å². The second-order valence-corrected chi connectivity index (χ2v) is 9.11. The molecule has 0 spiro atoms. The molecule has 3 aromatic rings. The van der Waals surface area contributed by atoms with E-state index in [1.54, 1.807) is 0 Å². The van der Waals surface area contributed by atoms with Gasteiger partial charge in [-0.1, -0.05) is 17.3 Å². The van der Waals surface area contributed by atoms with E-state index in [2.05, 4.69) is 15.8 Å². The lowest BCUT2D eigenvalue weighted by atomic mass is 9.89. The summed E-state index contributed by atoms with van der Waals surface area (Å²) in [7, 11) is 0. The average molecular weight is 491 g/mol. The molecule has 4 rings (SSSR count). The van der Waals surface area contributed by atoms with Gasteiger partial charge in [-0.15, -0.1) is 0 Å². The Labute approximate surface area is 212 Å². The molecule has 1 fully saturated rings. The third-order valence-electron chi connectivity index (χ3n) is 6.59. The summed E-state index contributed by atoms with van der Waals surface area (Å²) in [5.74, 6) is 1.64. The summed E-state index contributed by atoms with van der Waals surface area (Å²) < 4.78 is 10.7. The average Bonchev–Trinajstić information content (AvgIpc) is 3.22. The molecule has 1 atom stereocenters. The summed E-state index contributed by atoms with van der Waals surface area (Å²) in [6.07, 6.45) is 2.56.